The van der Waals surface area contributed by atoms with Crippen molar-refractivity contribution in [2.45, 2.75) is 54.0 Å². The van der Waals surface area contributed by atoms with E-state index in [-0.39, 0.29) is 12.4 Å². The fourth-order valence-electron chi connectivity index (χ4n) is 4.01. The summed E-state index contributed by atoms with van der Waals surface area (Å²) < 4.78 is 0. The first kappa shape index (κ1) is 18.1. The Bertz CT molecular complexity index is 656. The fraction of sp³-hybridized carbons (Fsp3) is 0.400. The summed E-state index contributed by atoms with van der Waals surface area (Å²) in [5.41, 5.74) is 1.50. The van der Waals surface area contributed by atoms with Crippen LogP contribution in [-0.2, 0) is 0 Å². The van der Waals surface area contributed by atoms with E-state index in [0.717, 1.165) is 11.1 Å². The van der Waals surface area contributed by atoms with Crippen molar-refractivity contribution in [3.05, 3.63) is 59.1 Å². The molecule has 2 aromatic rings. The van der Waals surface area contributed by atoms with Gasteiger partial charge in [0.05, 0.1) is 0 Å². The van der Waals surface area contributed by atoms with E-state index in [2.05, 4.69) is 41.3 Å². The van der Waals surface area contributed by atoms with Crippen LogP contribution in [0.1, 0.15) is 43.7 Å². The monoisotopic (exact) mass is 379 g/mol. The second-order valence-corrected chi connectivity index (χ2v) is 8.19. The summed E-state index contributed by atoms with van der Waals surface area (Å²) in [6.45, 7) is 1.29. The molecular formula is C20H23Cl2NS. The maximum Gasteiger partial charge on any atom is 0.0406 e. The Morgan fingerprint density at radius 3 is 2.21 bits per heavy atom. The summed E-state index contributed by atoms with van der Waals surface area (Å²) in [5.74, 6) is 0. The maximum absolute atomic E-state index is 5.95. The van der Waals surface area contributed by atoms with Crippen LogP contribution in [0.5, 0.6) is 0 Å². The average Bonchev–Trinajstić information content (AvgIpc) is 3.02. The molecule has 2 fully saturated rings. The lowest BCUT2D eigenvalue weighted by Gasteiger charge is -2.34. The third-order valence-electron chi connectivity index (χ3n) is 5.16. The zero-order valence-electron chi connectivity index (χ0n) is 13.7. The van der Waals surface area contributed by atoms with Crippen molar-refractivity contribution in [2.75, 3.05) is 6.54 Å². The van der Waals surface area contributed by atoms with Crippen molar-refractivity contribution < 1.29 is 0 Å². The number of fused-ring (bicyclic) bond motifs is 1. The molecule has 2 saturated heterocycles. The third kappa shape index (κ3) is 3.94. The minimum absolute atomic E-state index is 0. The molecule has 2 aromatic carbocycles. The fourth-order valence-corrected chi connectivity index (χ4v) is 4.96. The van der Waals surface area contributed by atoms with Crippen molar-refractivity contribution in [3.63, 3.8) is 0 Å². The van der Waals surface area contributed by atoms with Crippen molar-refractivity contribution >= 4 is 35.8 Å². The molecule has 2 aliphatic heterocycles. The van der Waals surface area contributed by atoms with Gasteiger partial charge in [0.1, 0.15) is 0 Å². The highest BCUT2D eigenvalue weighted by molar-refractivity contribution is 7.99. The minimum atomic E-state index is 0. The molecule has 2 atom stereocenters. The number of hydrogen-bond donors (Lipinski definition) is 0. The van der Waals surface area contributed by atoms with Crippen LogP contribution in [-0.4, -0.2) is 17.5 Å². The number of piperidine rings is 1. The lowest BCUT2D eigenvalue weighted by Crippen LogP contribution is -2.35. The van der Waals surface area contributed by atoms with Crippen LogP contribution in [0.4, 0.5) is 0 Å². The van der Waals surface area contributed by atoms with Crippen LogP contribution in [0.3, 0.4) is 0 Å². The molecule has 24 heavy (non-hydrogen) atoms. The molecular weight excluding hydrogens is 357 g/mol. The molecule has 128 valence electrons. The molecule has 0 spiro atoms. The number of halogens is 2. The van der Waals surface area contributed by atoms with Crippen molar-refractivity contribution in [1.82, 2.24) is 4.90 Å². The summed E-state index contributed by atoms with van der Waals surface area (Å²) in [5, 5.41) is 0.794. The zero-order chi connectivity index (χ0) is 15.6. The van der Waals surface area contributed by atoms with E-state index in [1.54, 1.807) is 11.8 Å². The van der Waals surface area contributed by atoms with E-state index in [0.29, 0.717) is 6.04 Å². The van der Waals surface area contributed by atoms with Crippen LogP contribution in [0.25, 0.3) is 0 Å². The maximum atomic E-state index is 5.95. The molecule has 0 unspecified atom stereocenters. The quantitative estimate of drug-likeness (QED) is 0.590. The van der Waals surface area contributed by atoms with Gasteiger partial charge in [-0.05, 0) is 74.2 Å². The molecule has 0 amide bonds. The number of nitrogens with zero attached hydrogens (tertiary/aromatic N) is 1. The molecule has 0 aliphatic carbocycles. The van der Waals surface area contributed by atoms with Gasteiger partial charge in [0.2, 0.25) is 0 Å². The molecule has 0 saturated carbocycles. The molecule has 1 nitrogen and oxygen atoms in total. The van der Waals surface area contributed by atoms with Gasteiger partial charge >= 0.3 is 0 Å². The molecule has 2 aliphatic rings. The van der Waals surface area contributed by atoms with Gasteiger partial charge in [0.15, 0.2) is 0 Å². The van der Waals surface area contributed by atoms with Crippen LogP contribution in [0.15, 0.2) is 58.3 Å². The predicted molar refractivity (Wildman–Crippen MR) is 106 cm³/mol. The van der Waals surface area contributed by atoms with E-state index < -0.39 is 0 Å². The summed E-state index contributed by atoms with van der Waals surface area (Å²) in [6.07, 6.45) is 6.91. The van der Waals surface area contributed by atoms with Gasteiger partial charge in [-0.25, -0.2) is 0 Å². The Hall–Kier alpha value is -0.670. The number of rotatable bonds is 3. The number of hydrogen-bond acceptors (Lipinski definition) is 2. The molecule has 0 aromatic heterocycles. The Morgan fingerprint density at radius 2 is 1.50 bits per heavy atom. The Labute approximate surface area is 160 Å². The lowest BCUT2D eigenvalue weighted by atomic mass is 10.0. The Morgan fingerprint density at radius 1 is 0.833 bits per heavy atom. The normalized spacial score (nSPS) is 23.5. The smallest absolute Gasteiger partial charge is 0.0406 e. The van der Waals surface area contributed by atoms with Gasteiger partial charge < -0.3 is 0 Å². The van der Waals surface area contributed by atoms with Crippen molar-refractivity contribution in [2.24, 2.45) is 0 Å². The van der Waals surface area contributed by atoms with Gasteiger partial charge in [0, 0.05) is 26.9 Å². The average molecular weight is 380 g/mol. The summed E-state index contributed by atoms with van der Waals surface area (Å²) >= 11 is 7.75. The molecule has 0 radical (unpaired) electrons. The molecule has 4 heteroatoms. The third-order valence-corrected chi connectivity index (χ3v) is 6.43. The number of benzene rings is 2. The largest absolute Gasteiger partial charge is 0.293 e. The molecule has 0 N–H and O–H groups in total. The molecule has 4 rings (SSSR count). The zero-order valence-corrected chi connectivity index (χ0v) is 16.0. The Balaban J connectivity index is 0.00000169. The summed E-state index contributed by atoms with van der Waals surface area (Å²) in [7, 11) is 0. The summed E-state index contributed by atoms with van der Waals surface area (Å²) in [4.78, 5) is 5.29. The van der Waals surface area contributed by atoms with Gasteiger partial charge in [-0.2, -0.15) is 0 Å². The van der Waals surface area contributed by atoms with Gasteiger partial charge in [-0.15, -0.1) is 12.4 Å². The van der Waals surface area contributed by atoms with Gasteiger partial charge in [0.25, 0.3) is 0 Å². The lowest BCUT2D eigenvalue weighted by molar-refractivity contribution is 0.150. The topological polar surface area (TPSA) is 3.24 Å². The van der Waals surface area contributed by atoms with Gasteiger partial charge in [-0.3, -0.25) is 4.90 Å². The SMILES string of the molecule is Cl.Clc1ccc(Sc2ccc([C@H]3CC[C@H]4CCCCN43)cc2)cc1. The second kappa shape index (κ2) is 8.14. The van der Waals surface area contributed by atoms with E-state index in [1.165, 1.54) is 54.0 Å². The van der Waals surface area contributed by atoms with Crippen molar-refractivity contribution in [1.29, 1.82) is 0 Å². The summed E-state index contributed by atoms with van der Waals surface area (Å²) in [6, 6.07) is 18.8. The molecule has 0 bridgehead atoms. The van der Waals surface area contributed by atoms with E-state index in [4.69, 9.17) is 11.6 Å². The standard InChI is InChI=1S/C20H22ClNS.ClH/c21-16-6-11-19(12-7-16)23-18-9-4-15(5-10-18)20-13-8-17-3-1-2-14-22(17)20;/h4-7,9-12,17,20H,1-3,8,13-14H2;1H/t17-,20-;/m1./s1. The first-order chi connectivity index (χ1) is 11.3. The van der Waals surface area contributed by atoms with Crippen LogP contribution in [0.2, 0.25) is 5.02 Å². The predicted octanol–water partition coefficient (Wildman–Crippen LogP) is 6.60. The van der Waals surface area contributed by atoms with Gasteiger partial charge in [-0.1, -0.05) is 41.9 Å². The second-order valence-electron chi connectivity index (χ2n) is 6.61. The van der Waals surface area contributed by atoms with Crippen LogP contribution in [0, 0.1) is 0 Å². The van der Waals surface area contributed by atoms with E-state index in [9.17, 15) is 0 Å². The minimum Gasteiger partial charge on any atom is -0.293 e. The van der Waals surface area contributed by atoms with Crippen LogP contribution < -0.4 is 0 Å². The highest BCUT2D eigenvalue weighted by atomic mass is 35.5. The molecule has 2 heterocycles. The van der Waals surface area contributed by atoms with E-state index >= 15 is 0 Å². The van der Waals surface area contributed by atoms with E-state index in [1.807, 2.05) is 12.1 Å². The van der Waals surface area contributed by atoms with Crippen LogP contribution >= 0.6 is 35.8 Å². The first-order valence-electron chi connectivity index (χ1n) is 8.59. The Kier molecular flexibility index (Phi) is 6.15. The first-order valence-corrected chi connectivity index (χ1v) is 9.78. The highest BCUT2D eigenvalue weighted by Gasteiger charge is 2.35. The highest BCUT2D eigenvalue weighted by Crippen LogP contribution is 2.40. The van der Waals surface area contributed by atoms with Crippen molar-refractivity contribution in [3.8, 4) is 0 Å².